The lowest BCUT2D eigenvalue weighted by Gasteiger charge is -2.12. The van der Waals surface area contributed by atoms with E-state index in [1.165, 1.54) is 4.57 Å². The van der Waals surface area contributed by atoms with Crippen molar-refractivity contribution in [3.63, 3.8) is 0 Å². The molecule has 0 radical (unpaired) electrons. The molecular formula is C21H25N3O4. The molecular weight excluding hydrogens is 358 g/mol. The van der Waals surface area contributed by atoms with Crippen molar-refractivity contribution in [2.75, 3.05) is 11.9 Å². The molecule has 1 heterocycles. The number of unbranched alkanes of at least 4 members (excludes halogenated alkanes) is 1. The van der Waals surface area contributed by atoms with Gasteiger partial charge in [0.1, 0.15) is 12.4 Å². The van der Waals surface area contributed by atoms with Crippen LogP contribution < -0.4 is 10.9 Å². The molecule has 3 rings (SSSR count). The Hall–Kier alpha value is -2.96. The predicted molar refractivity (Wildman–Crippen MR) is 106 cm³/mol. The standard InChI is InChI=1S/C21H25N3O4/c1-3-4-11-28-21(27)15-7-5-8-16(12-15)23-19(25)13-24-14(2)22-18-10-6-9-17(18)20(24)26/h5,7-8,12H,3-4,6,9-11,13H2,1-2H3,(H,23,25). The fraction of sp³-hybridized carbons (Fsp3) is 0.429. The van der Waals surface area contributed by atoms with E-state index < -0.39 is 5.97 Å². The maximum atomic E-state index is 12.6. The van der Waals surface area contributed by atoms with Crippen LogP contribution in [0.5, 0.6) is 0 Å². The van der Waals surface area contributed by atoms with Crippen LogP contribution in [0, 0.1) is 6.92 Å². The first kappa shape index (κ1) is 19.8. The second-order valence-electron chi connectivity index (χ2n) is 6.95. The molecule has 7 heteroatoms. The van der Waals surface area contributed by atoms with Gasteiger partial charge in [-0.1, -0.05) is 19.4 Å². The lowest BCUT2D eigenvalue weighted by Crippen LogP contribution is -2.32. The minimum absolute atomic E-state index is 0.115. The van der Waals surface area contributed by atoms with Gasteiger partial charge in [-0.15, -0.1) is 0 Å². The van der Waals surface area contributed by atoms with Gasteiger partial charge in [-0.2, -0.15) is 0 Å². The van der Waals surface area contributed by atoms with Crippen LogP contribution in [0.2, 0.25) is 0 Å². The van der Waals surface area contributed by atoms with Gasteiger partial charge in [-0.3, -0.25) is 14.2 Å². The highest BCUT2D eigenvalue weighted by Crippen LogP contribution is 2.17. The molecule has 0 spiro atoms. The third-order valence-electron chi connectivity index (χ3n) is 4.79. The molecule has 0 fully saturated rings. The zero-order chi connectivity index (χ0) is 20.1. The van der Waals surface area contributed by atoms with Crippen LogP contribution in [0.4, 0.5) is 5.69 Å². The van der Waals surface area contributed by atoms with E-state index in [2.05, 4.69) is 10.3 Å². The molecule has 7 nitrogen and oxygen atoms in total. The van der Waals surface area contributed by atoms with Crippen molar-refractivity contribution >= 4 is 17.6 Å². The summed E-state index contributed by atoms with van der Waals surface area (Å²) in [5.74, 6) is -0.227. The predicted octanol–water partition coefficient (Wildman–Crippen LogP) is 2.64. The first-order chi connectivity index (χ1) is 13.5. The van der Waals surface area contributed by atoms with Gasteiger partial charge in [-0.25, -0.2) is 9.78 Å². The molecule has 1 aliphatic rings. The minimum atomic E-state index is -0.417. The Bertz CT molecular complexity index is 949. The van der Waals surface area contributed by atoms with Crippen molar-refractivity contribution in [3.05, 3.63) is 57.3 Å². The number of carbonyl (C=O) groups is 2. The molecule has 1 aromatic carbocycles. The molecule has 0 atom stereocenters. The summed E-state index contributed by atoms with van der Waals surface area (Å²) >= 11 is 0. The summed E-state index contributed by atoms with van der Waals surface area (Å²) in [6, 6.07) is 6.59. The van der Waals surface area contributed by atoms with Crippen molar-refractivity contribution in [1.82, 2.24) is 9.55 Å². The molecule has 1 N–H and O–H groups in total. The maximum absolute atomic E-state index is 12.6. The summed E-state index contributed by atoms with van der Waals surface area (Å²) in [7, 11) is 0. The lowest BCUT2D eigenvalue weighted by atomic mass is 10.2. The maximum Gasteiger partial charge on any atom is 0.338 e. The van der Waals surface area contributed by atoms with Gasteiger partial charge in [0, 0.05) is 11.3 Å². The van der Waals surface area contributed by atoms with Crippen molar-refractivity contribution in [2.45, 2.75) is 52.5 Å². The number of aromatic nitrogens is 2. The number of hydrogen-bond donors (Lipinski definition) is 1. The van der Waals surface area contributed by atoms with Gasteiger partial charge in [0.15, 0.2) is 0 Å². The average Bonchev–Trinajstić information content (AvgIpc) is 3.14. The molecule has 0 saturated carbocycles. The second-order valence-corrected chi connectivity index (χ2v) is 6.95. The summed E-state index contributed by atoms with van der Waals surface area (Å²) in [6.45, 7) is 4.02. The molecule has 2 aromatic rings. The Morgan fingerprint density at radius 2 is 2.11 bits per heavy atom. The zero-order valence-electron chi connectivity index (χ0n) is 16.3. The Balaban J connectivity index is 1.68. The van der Waals surface area contributed by atoms with E-state index in [9.17, 15) is 14.4 Å². The summed E-state index contributed by atoms with van der Waals surface area (Å²) in [4.78, 5) is 41.6. The third-order valence-corrected chi connectivity index (χ3v) is 4.79. The normalized spacial score (nSPS) is 12.5. The van der Waals surface area contributed by atoms with Gasteiger partial charge >= 0.3 is 5.97 Å². The highest BCUT2D eigenvalue weighted by atomic mass is 16.5. The molecule has 0 unspecified atom stereocenters. The molecule has 1 amide bonds. The largest absolute Gasteiger partial charge is 0.462 e. The van der Waals surface area contributed by atoms with Gasteiger partial charge in [-0.05, 0) is 50.8 Å². The molecule has 148 valence electrons. The summed E-state index contributed by atoms with van der Waals surface area (Å²) in [5.41, 5.74) is 2.29. The molecule has 0 saturated heterocycles. The number of nitrogens with zero attached hydrogens (tertiary/aromatic N) is 2. The van der Waals surface area contributed by atoms with Crippen LogP contribution in [0.15, 0.2) is 29.1 Å². The highest BCUT2D eigenvalue weighted by molar-refractivity contribution is 5.94. The van der Waals surface area contributed by atoms with Crippen molar-refractivity contribution < 1.29 is 14.3 Å². The number of nitrogens with one attached hydrogen (secondary N) is 1. The SMILES string of the molecule is CCCCOC(=O)c1cccc(NC(=O)Cn2c(C)nc3c(c2=O)CCC3)c1. The quantitative estimate of drug-likeness (QED) is 0.586. The molecule has 0 aliphatic heterocycles. The number of ether oxygens (including phenoxy) is 1. The van der Waals surface area contributed by atoms with E-state index in [0.717, 1.165) is 36.9 Å². The molecule has 1 aliphatic carbocycles. The van der Waals surface area contributed by atoms with Crippen LogP contribution in [0.25, 0.3) is 0 Å². The van der Waals surface area contributed by atoms with Gasteiger partial charge < -0.3 is 10.1 Å². The van der Waals surface area contributed by atoms with E-state index in [-0.39, 0.29) is 18.0 Å². The van der Waals surface area contributed by atoms with Crippen LogP contribution in [-0.2, 0) is 28.9 Å². The van der Waals surface area contributed by atoms with Gasteiger partial charge in [0.25, 0.3) is 5.56 Å². The summed E-state index contributed by atoms with van der Waals surface area (Å²) in [5, 5.41) is 2.74. The Morgan fingerprint density at radius 3 is 2.89 bits per heavy atom. The number of hydrogen-bond acceptors (Lipinski definition) is 5. The first-order valence-electron chi connectivity index (χ1n) is 9.65. The highest BCUT2D eigenvalue weighted by Gasteiger charge is 2.20. The monoisotopic (exact) mass is 383 g/mol. The Labute approximate surface area is 163 Å². The van der Waals surface area contributed by atoms with Crippen LogP contribution >= 0.6 is 0 Å². The molecule has 28 heavy (non-hydrogen) atoms. The lowest BCUT2D eigenvalue weighted by molar-refractivity contribution is -0.116. The van der Waals surface area contributed by atoms with Crippen LogP contribution in [0.3, 0.4) is 0 Å². The van der Waals surface area contributed by atoms with E-state index in [4.69, 9.17) is 4.74 Å². The van der Waals surface area contributed by atoms with E-state index in [0.29, 0.717) is 30.1 Å². The number of rotatable bonds is 7. The first-order valence-corrected chi connectivity index (χ1v) is 9.65. The van der Waals surface area contributed by atoms with Crippen molar-refractivity contribution in [3.8, 4) is 0 Å². The van der Waals surface area contributed by atoms with Crippen LogP contribution in [0.1, 0.15) is 53.6 Å². The number of aryl methyl sites for hydroxylation is 2. The summed E-state index contributed by atoms with van der Waals surface area (Å²) < 4.78 is 6.60. The van der Waals surface area contributed by atoms with Crippen LogP contribution in [-0.4, -0.2) is 28.0 Å². The minimum Gasteiger partial charge on any atom is -0.462 e. The molecule has 1 aromatic heterocycles. The smallest absolute Gasteiger partial charge is 0.338 e. The fourth-order valence-electron chi connectivity index (χ4n) is 3.29. The van der Waals surface area contributed by atoms with Gasteiger partial charge in [0.05, 0.1) is 17.9 Å². The van der Waals surface area contributed by atoms with E-state index in [1.807, 2.05) is 6.92 Å². The zero-order valence-corrected chi connectivity index (χ0v) is 16.3. The average molecular weight is 383 g/mol. The second kappa shape index (κ2) is 8.82. The van der Waals surface area contributed by atoms with E-state index in [1.54, 1.807) is 31.2 Å². The van der Waals surface area contributed by atoms with Crippen molar-refractivity contribution in [1.29, 1.82) is 0 Å². The number of benzene rings is 1. The van der Waals surface area contributed by atoms with E-state index >= 15 is 0 Å². The Morgan fingerprint density at radius 1 is 1.29 bits per heavy atom. The summed E-state index contributed by atoms with van der Waals surface area (Å²) in [6.07, 6.45) is 4.21. The van der Waals surface area contributed by atoms with Crippen molar-refractivity contribution in [2.24, 2.45) is 0 Å². The number of carbonyl (C=O) groups excluding carboxylic acids is 2. The Kier molecular flexibility index (Phi) is 6.23. The number of esters is 1. The van der Waals surface area contributed by atoms with Gasteiger partial charge in [0.2, 0.25) is 5.91 Å². The molecule has 0 bridgehead atoms. The third kappa shape index (κ3) is 4.47. The number of fused-ring (bicyclic) bond motifs is 1. The fourth-order valence-corrected chi connectivity index (χ4v) is 3.29. The number of amides is 1. The topological polar surface area (TPSA) is 90.3 Å². The number of anilines is 1.